The van der Waals surface area contributed by atoms with E-state index in [1.807, 2.05) is 0 Å². The maximum Gasteiger partial charge on any atom is 0.337 e. The third-order valence-electron chi connectivity index (χ3n) is 1.40. The Morgan fingerprint density at radius 3 is 2.69 bits per heavy atom. The summed E-state index contributed by atoms with van der Waals surface area (Å²) in [6.45, 7) is 0. The molecule has 3 nitrogen and oxygen atoms in total. The second kappa shape index (κ2) is 3.77. The first-order chi connectivity index (χ1) is 6.06. The van der Waals surface area contributed by atoms with Gasteiger partial charge in [-0.15, -0.1) is 0 Å². The summed E-state index contributed by atoms with van der Waals surface area (Å²) in [7, 11) is 0. The number of rotatable bonds is 1. The van der Waals surface area contributed by atoms with Crippen LogP contribution in [0.25, 0.3) is 0 Å². The van der Waals surface area contributed by atoms with Gasteiger partial charge in [-0.25, -0.2) is 4.79 Å². The van der Waals surface area contributed by atoms with Crippen molar-refractivity contribution in [1.29, 1.82) is 5.26 Å². The molecule has 0 aliphatic rings. The summed E-state index contributed by atoms with van der Waals surface area (Å²) in [5, 5.41) is 17.5. The van der Waals surface area contributed by atoms with Crippen molar-refractivity contribution in [2.45, 2.75) is 0 Å². The zero-order valence-corrected chi connectivity index (χ0v) is 8.56. The van der Waals surface area contributed by atoms with Gasteiger partial charge < -0.3 is 5.11 Å². The Labute approximate surface area is 87.7 Å². The van der Waals surface area contributed by atoms with E-state index in [0.29, 0.717) is 4.47 Å². The molecule has 1 rings (SSSR count). The van der Waals surface area contributed by atoms with Gasteiger partial charge in [-0.1, -0.05) is 27.5 Å². The molecule has 0 spiro atoms. The summed E-state index contributed by atoms with van der Waals surface area (Å²) in [5.41, 5.74) is -0.112. The lowest BCUT2D eigenvalue weighted by Gasteiger charge is -2.01. The first-order valence-corrected chi connectivity index (χ1v) is 4.35. The summed E-state index contributed by atoms with van der Waals surface area (Å²) in [4.78, 5) is 10.7. The molecule has 13 heavy (non-hydrogen) atoms. The van der Waals surface area contributed by atoms with Crippen LogP contribution in [0.5, 0.6) is 0 Å². The predicted octanol–water partition coefficient (Wildman–Crippen LogP) is 2.67. The summed E-state index contributed by atoms with van der Waals surface area (Å²) in [6.07, 6.45) is 0. The lowest BCUT2D eigenvalue weighted by Crippen LogP contribution is -2.00. The molecule has 0 heterocycles. The topological polar surface area (TPSA) is 61.1 Å². The van der Waals surface area contributed by atoms with E-state index in [9.17, 15) is 4.79 Å². The lowest BCUT2D eigenvalue weighted by atomic mass is 10.1. The summed E-state index contributed by atoms with van der Waals surface area (Å²) < 4.78 is 0.536. The van der Waals surface area contributed by atoms with Gasteiger partial charge >= 0.3 is 5.97 Å². The molecular weight excluding hydrogens is 257 g/mol. The molecule has 0 atom stereocenters. The van der Waals surface area contributed by atoms with Crippen LogP contribution in [-0.2, 0) is 0 Å². The van der Waals surface area contributed by atoms with Crippen LogP contribution < -0.4 is 0 Å². The minimum absolute atomic E-state index is 0.0163. The van der Waals surface area contributed by atoms with Crippen molar-refractivity contribution >= 4 is 33.5 Å². The number of hydrogen-bond donors (Lipinski definition) is 1. The van der Waals surface area contributed by atoms with Crippen molar-refractivity contribution in [3.05, 3.63) is 32.8 Å². The minimum Gasteiger partial charge on any atom is -0.478 e. The highest BCUT2D eigenvalue weighted by atomic mass is 79.9. The second-order valence-corrected chi connectivity index (χ2v) is 3.55. The van der Waals surface area contributed by atoms with Crippen LogP contribution in [0.1, 0.15) is 15.9 Å². The van der Waals surface area contributed by atoms with Gasteiger partial charge in [-0.2, -0.15) is 5.26 Å². The third-order valence-corrected chi connectivity index (χ3v) is 2.15. The molecule has 0 aromatic heterocycles. The van der Waals surface area contributed by atoms with Crippen LogP contribution >= 0.6 is 27.5 Å². The Hall–Kier alpha value is -1.05. The Kier molecular flexibility index (Phi) is 2.91. The molecule has 0 aliphatic carbocycles. The number of carboxylic acids is 1. The first-order valence-electron chi connectivity index (χ1n) is 3.18. The van der Waals surface area contributed by atoms with Crippen LogP contribution in [0.3, 0.4) is 0 Å². The highest BCUT2D eigenvalue weighted by molar-refractivity contribution is 9.10. The number of nitrogens with zero attached hydrogens (tertiary/aromatic N) is 1. The van der Waals surface area contributed by atoms with Gasteiger partial charge in [0, 0.05) is 4.47 Å². The van der Waals surface area contributed by atoms with Crippen molar-refractivity contribution < 1.29 is 9.90 Å². The van der Waals surface area contributed by atoms with E-state index in [-0.39, 0.29) is 16.1 Å². The van der Waals surface area contributed by atoms with Crippen LogP contribution in [0.4, 0.5) is 0 Å². The van der Waals surface area contributed by atoms with Crippen LogP contribution in [0.15, 0.2) is 16.6 Å². The van der Waals surface area contributed by atoms with E-state index in [2.05, 4.69) is 15.9 Å². The maximum atomic E-state index is 10.7. The van der Waals surface area contributed by atoms with Crippen molar-refractivity contribution in [2.75, 3.05) is 0 Å². The largest absolute Gasteiger partial charge is 0.478 e. The fraction of sp³-hybridized carbons (Fsp3) is 0. The van der Waals surface area contributed by atoms with Gasteiger partial charge in [0.25, 0.3) is 0 Å². The normalized spacial score (nSPS) is 9.31. The van der Waals surface area contributed by atoms with Gasteiger partial charge in [0.15, 0.2) is 0 Å². The van der Waals surface area contributed by atoms with Crippen molar-refractivity contribution in [3.63, 3.8) is 0 Å². The minimum atomic E-state index is -1.17. The van der Waals surface area contributed by atoms with Crippen molar-refractivity contribution in [2.24, 2.45) is 0 Å². The highest BCUT2D eigenvalue weighted by Crippen LogP contribution is 2.24. The molecule has 1 aromatic rings. The van der Waals surface area contributed by atoms with E-state index >= 15 is 0 Å². The SMILES string of the molecule is N#Cc1c(Cl)cc(Br)cc1C(=O)O. The van der Waals surface area contributed by atoms with Gasteiger partial charge in [-0.3, -0.25) is 0 Å². The summed E-state index contributed by atoms with van der Waals surface area (Å²) >= 11 is 8.75. The molecule has 0 unspecified atom stereocenters. The average molecular weight is 260 g/mol. The Bertz CT molecular complexity index is 411. The van der Waals surface area contributed by atoms with E-state index in [1.165, 1.54) is 12.1 Å². The molecule has 0 radical (unpaired) electrons. The number of benzene rings is 1. The first kappa shape index (κ1) is 10.0. The molecule has 0 aliphatic heterocycles. The summed E-state index contributed by atoms with van der Waals surface area (Å²) in [5.74, 6) is -1.17. The van der Waals surface area contributed by atoms with Gasteiger partial charge in [0.05, 0.1) is 16.1 Å². The van der Waals surface area contributed by atoms with E-state index in [1.54, 1.807) is 6.07 Å². The Morgan fingerprint density at radius 1 is 1.62 bits per heavy atom. The van der Waals surface area contributed by atoms with E-state index in [0.717, 1.165) is 0 Å². The summed E-state index contributed by atoms with van der Waals surface area (Å²) in [6, 6.07) is 4.56. The molecule has 66 valence electrons. The number of halogens is 2. The molecule has 1 aromatic carbocycles. The number of aromatic carboxylic acids is 1. The van der Waals surface area contributed by atoms with Gasteiger partial charge in [-0.05, 0) is 12.1 Å². The predicted molar refractivity (Wildman–Crippen MR) is 50.8 cm³/mol. The van der Waals surface area contributed by atoms with Crippen LogP contribution in [-0.4, -0.2) is 11.1 Å². The number of carboxylic acid groups (broad SMARTS) is 1. The second-order valence-electron chi connectivity index (χ2n) is 2.23. The molecular formula is C8H3BrClNO2. The zero-order valence-electron chi connectivity index (χ0n) is 6.21. The Balaban J connectivity index is 3.50. The fourth-order valence-corrected chi connectivity index (χ4v) is 1.71. The average Bonchev–Trinajstić information content (AvgIpc) is 2.02. The fourth-order valence-electron chi connectivity index (χ4n) is 0.856. The Morgan fingerprint density at radius 2 is 2.23 bits per heavy atom. The maximum absolute atomic E-state index is 10.7. The standard InChI is InChI=1S/C8H3BrClNO2/c9-4-1-5(8(12)13)6(3-11)7(10)2-4/h1-2H,(H,12,13). The zero-order chi connectivity index (χ0) is 10.0. The van der Waals surface area contributed by atoms with Gasteiger partial charge in [0.1, 0.15) is 6.07 Å². The number of carbonyl (C=O) groups is 1. The molecule has 5 heteroatoms. The van der Waals surface area contributed by atoms with Gasteiger partial charge in [0.2, 0.25) is 0 Å². The molecule has 0 saturated heterocycles. The molecule has 0 saturated carbocycles. The lowest BCUT2D eigenvalue weighted by molar-refractivity contribution is 0.0696. The van der Waals surface area contributed by atoms with E-state index in [4.69, 9.17) is 22.0 Å². The molecule has 0 amide bonds. The number of hydrogen-bond acceptors (Lipinski definition) is 2. The molecule has 0 bridgehead atoms. The molecule has 0 fully saturated rings. The monoisotopic (exact) mass is 259 g/mol. The van der Waals surface area contributed by atoms with Crippen LogP contribution in [0, 0.1) is 11.3 Å². The van der Waals surface area contributed by atoms with Crippen molar-refractivity contribution in [3.8, 4) is 6.07 Å². The third kappa shape index (κ3) is 2.00. The molecule has 1 N–H and O–H groups in total. The van der Waals surface area contributed by atoms with Crippen molar-refractivity contribution in [1.82, 2.24) is 0 Å². The number of nitriles is 1. The highest BCUT2D eigenvalue weighted by Gasteiger charge is 2.13. The quantitative estimate of drug-likeness (QED) is 0.844. The van der Waals surface area contributed by atoms with E-state index < -0.39 is 5.97 Å². The smallest absolute Gasteiger partial charge is 0.337 e. The van der Waals surface area contributed by atoms with Crippen LogP contribution in [0.2, 0.25) is 5.02 Å².